The molecule has 6 nitrogen and oxygen atoms in total. The summed E-state index contributed by atoms with van der Waals surface area (Å²) in [6.07, 6.45) is -0.907. The van der Waals surface area contributed by atoms with Gasteiger partial charge in [0.2, 0.25) is 5.91 Å². The number of carbonyl (C=O) groups excluding carboxylic acids is 2. The van der Waals surface area contributed by atoms with Crippen LogP contribution in [0.4, 0.5) is 11.4 Å². The van der Waals surface area contributed by atoms with Crippen molar-refractivity contribution >= 4 is 34.8 Å². The van der Waals surface area contributed by atoms with Crippen molar-refractivity contribution in [2.45, 2.75) is 12.1 Å². The van der Waals surface area contributed by atoms with E-state index in [9.17, 15) is 9.59 Å². The van der Waals surface area contributed by atoms with Crippen molar-refractivity contribution in [3.05, 3.63) is 89.4 Å². The summed E-state index contributed by atoms with van der Waals surface area (Å²) in [6, 6.07) is 23.1. The molecule has 0 saturated carbocycles. The topological polar surface area (TPSA) is 59.1 Å². The minimum Gasteiger partial charge on any atom is -0.497 e. The number of fused-ring (bicyclic) bond motifs is 1. The lowest BCUT2D eigenvalue weighted by Gasteiger charge is -2.28. The molecule has 0 radical (unpaired) electrons. The second-order valence-corrected chi connectivity index (χ2v) is 7.86. The van der Waals surface area contributed by atoms with Gasteiger partial charge in [0, 0.05) is 5.02 Å². The van der Waals surface area contributed by atoms with Crippen molar-refractivity contribution in [3.8, 4) is 5.75 Å². The molecule has 3 aromatic rings. The molecular formula is C24H19ClN2O4. The first kappa shape index (κ1) is 19.6. The van der Waals surface area contributed by atoms with E-state index < -0.39 is 18.1 Å². The van der Waals surface area contributed by atoms with Gasteiger partial charge < -0.3 is 4.74 Å². The van der Waals surface area contributed by atoms with Gasteiger partial charge in [-0.3, -0.25) is 14.4 Å². The molecule has 0 N–H and O–H groups in total. The lowest BCUT2D eigenvalue weighted by Crippen LogP contribution is -2.37. The molecule has 0 bridgehead atoms. The van der Waals surface area contributed by atoms with E-state index >= 15 is 0 Å². The Balaban J connectivity index is 1.55. The number of hydrogen-bond acceptors (Lipinski definition) is 5. The first-order valence-corrected chi connectivity index (χ1v) is 10.2. The summed E-state index contributed by atoms with van der Waals surface area (Å²) in [5, 5.41) is 2.25. The van der Waals surface area contributed by atoms with E-state index in [-0.39, 0.29) is 11.8 Å². The number of methoxy groups -OCH3 is 1. The Morgan fingerprint density at radius 1 is 0.839 bits per heavy atom. The van der Waals surface area contributed by atoms with Crippen LogP contribution < -0.4 is 14.7 Å². The SMILES string of the molecule is COc1ccc(N2C(=O)[C@@H]3[C@H](ON(c4ccc(Cl)cc4)[C@H]3c3ccccc3)C2=O)cc1. The maximum Gasteiger partial charge on any atom is 0.266 e. The summed E-state index contributed by atoms with van der Waals surface area (Å²) < 4.78 is 5.18. The van der Waals surface area contributed by atoms with Gasteiger partial charge in [-0.15, -0.1) is 0 Å². The number of hydrogen-bond donors (Lipinski definition) is 0. The first-order valence-electron chi connectivity index (χ1n) is 9.87. The zero-order chi connectivity index (χ0) is 21.5. The van der Waals surface area contributed by atoms with Gasteiger partial charge in [-0.25, -0.2) is 9.96 Å². The second kappa shape index (κ2) is 7.72. The Hall–Kier alpha value is -3.35. The third kappa shape index (κ3) is 3.24. The maximum absolute atomic E-state index is 13.5. The summed E-state index contributed by atoms with van der Waals surface area (Å²) in [4.78, 5) is 34.1. The van der Waals surface area contributed by atoms with Gasteiger partial charge in [-0.1, -0.05) is 41.9 Å². The second-order valence-electron chi connectivity index (χ2n) is 7.42. The standard InChI is InChI=1S/C24H19ClN2O4/c1-30-19-13-11-17(12-14-19)26-23(28)20-21(15-5-3-2-4-6-15)27(31-22(20)24(26)29)18-9-7-16(25)8-10-18/h2-14,20-22H,1H3/t20-,21-,22-/m0/s1. The van der Waals surface area contributed by atoms with E-state index in [1.807, 2.05) is 42.5 Å². The van der Waals surface area contributed by atoms with Crippen LogP contribution >= 0.6 is 11.6 Å². The third-order valence-electron chi connectivity index (χ3n) is 5.67. The molecule has 2 aliphatic heterocycles. The highest BCUT2D eigenvalue weighted by Gasteiger charge is 2.60. The van der Waals surface area contributed by atoms with Gasteiger partial charge in [0.05, 0.1) is 24.5 Å². The van der Waals surface area contributed by atoms with Crippen LogP contribution in [0.2, 0.25) is 5.02 Å². The van der Waals surface area contributed by atoms with Crippen molar-refractivity contribution in [3.63, 3.8) is 0 Å². The molecule has 3 aromatic carbocycles. The molecule has 0 aromatic heterocycles. The van der Waals surface area contributed by atoms with Gasteiger partial charge in [0.1, 0.15) is 11.7 Å². The minimum atomic E-state index is -0.907. The van der Waals surface area contributed by atoms with Gasteiger partial charge in [-0.2, -0.15) is 0 Å². The Kier molecular flexibility index (Phi) is 4.88. The Labute approximate surface area is 184 Å². The molecule has 2 amide bonds. The summed E-state index contributed by atoms with van der Waals surface area (Å²) in [6.45, 7) is 0. The highest BCUT2D eigenvalue weighted by molar-refractivity contribution is 6.30. The predicted octanol–water partition coefficient (Wildman–Crippen LogP) is 4.40. The van der Waals surface area contributed by atoms with E-state index in [4.69, 9.17) is 21.2 Å². The molecule has 31 heavy (non-hydrogen) atoms. The largest absolute Gasteiger partial charge is 0.497 e. The smallest absolute Gasteiger partial charge is 0.266 e. The summed E-state index contributed by atoms with van der Waals surface area (Å²) in [5.41, 5.74) is 2.12. The average molecular weight is 435 g/mol. The number of anilines is 2. The van der Waals surface area contributed by atoms with Crippen molar-refractivity contribution in [2.24, 2.45) is 5.92 Å². The summed E-state index contributed by atoms with van der Waals surface area (Å²) in [5.74, 6) is -0.689. The van der Waals surface area contributed by atoms with Crippen LogP contribution in [0.25, 0.3) is 0 Å². The first-order chi connectivity index (χ1) is 15.1. The van der Waals surface area contributed by atoms with E-state index in [1.165, 1.54) is 4.90 Å². The molecule has 3 atom stereocenters. The highest BCUT2D eigenvalue weighted by atomic mass is 35.5. The van der Waals surface area contributed by atoms with Crippen LogP contribution in [0.5, 0.6) is 5.75 Å². The van der Waals surface area contributed by atoms with Crippen LogP contribution in [0, 0.1) is 5.92 Å². The number of carbonyl (C=O) groups is 2. The molecule has 2 heterocycles. The number of ether oxygens (including phenoxy) is 1. The average Bonchev–Trinajstić information content (AvgIpc) is 3.31. The fourth-order valence-electron chi connectivity index (χ4n) is 4.20. The zero-order valence-electron chi connectivity index (χ0n) is 16.6. The summed E-state index contributed by atoms with van der Waals surface area (Å²) in [7, 11) is 1.56. The van der Waals surface area contributed by atoms with Crippen LogP contribution in [-0.2, 0) is 14.4 Å². The fraction of sp³-hybridized carbons (Fsp3) is 0.167. The third-order valence-corrected chi connectivity index (χ3v) is 5.92. The Bertz CT molecular complexity index is 1120. The fourth-order valence-corrected chi connectivity index (χ4v) is 4.33. The Morgan fingerprint density at radius 3 is 2.13 bits per heavy atom. The van der Waals surface area contributed by atoms with Crippen molar-refractivity contribution < 1.29 is 19.2 Å². The van der Waals surface area contributed by atoms with Gasteiger partial charge in [0.25, 0.3) is 5.91 Å². The van der Waals surface area contributed by atoms with Crippen LogP contribution in [0.3, 0.4) is 0 Å². The molecule has 2 aliphatic rings. The van der Waals surface area contributed by atoms with E-state index in [0.717, 1.165) is 11.3 Å². The van der Waals surface area contributed by atoms with Crippen molar-refractivity contribution in [1.29, 1.82) is 0 Å². The number of hydroxylamine groups is 1. The van der Waals surface area contributed by atoms with E-state index in [1.54, 1.807) is 48.6 Å². The van der Waals surface area contributed by atoms with E-state index in [2.05, 4.69) is 0 Å². The molecule has 156 valence electrons. The molecule has 5 rings (SSSR count). The van der Waals surface area contributed by atoms with Gasteiger partial charge in [0.15, 0.2) is 6.10 Å². The van der Waals surface area contributed by atoms with Crippen LogP contribution in [0.1, 0.15) is 11.6 Å². The molecule has 0 unspecified atom stereocenters. The van der Waals surface area contributed by atoms with E-state index in [0.29, 0.717) is 16.5 Å². The predicted molar refractivity (Wildman–Crippen MR) is 117 cm³/mol. The summed E-state index contributed by atoms with van der Waals surface area (Å²) >= 11 is 6.04. The van der Waals surface area contributed by atoms with Crippen LogP contribution in [0.15, 0.2) is 78.9 Å². The lowest BCUT2D eigenvalue weighted by atomic mass is 9.90. The van der Waals surface area contributed by atoms with Crippen LogP contribution in [-0.4, -0.2) is 25.0 Å². The number of nitrogens with zero attached hydrogens (tertiary/aromatic N) is 2. The molecule has 2 saturated heterocycles. The molecule has 0 spiro atoms. The maximum atomic E-state index is 13.5. The van der Waals surface area contributed by atoms with Gasteiger partial charge in [-0.05, 0) is 54.1 Å². The normalized spacial score (nSPS) is 22.7. The van der Waals surface area contributed by atoms with Gasteiger partial charge >= 0.3 is 0 Å². The monoisotopic (exact) mass is 434 g/mol. The minimum absolute atomic E-state index is 0.287. The molecule has 2 fully saturated rings. The lowest BCUT2D eigenvalue weighted by molar-refractivity contribution is -0.126. The number of benzene rings is 3. The number of amides is 2. The molecule has 7 heteroatoms. The zero-order valence-corrected chi connectivity index (χ0v) is 17.4. The highest BCUT2D eigenvalue weighted by Crippen LogP contribution is 2.47. The number of imide groups is 1. The quantitative estimate of drug-likeness (QED) is 0.570. The Morgan fingerprint density at radius 2 is 1.48 bits per heavy atom. The van der Waals surface area contributed by atoms with Crippen molar-refractivity contribution in [2.75, 3.05) is 17.1 Å². The number of halogens is 1. The van der Waals surface area contributed by atoms with Crippen molar-refractivity contribution in [1.82, 2.24) is 0 Å². The molecule has 0 aliphatic carbocycles. The number of rotatable bonds is 4. The molecular weight excluding hydrogens is 416 g/mol.